The van der Waals surface area contributed by atoms with E-state index in [1.165, 1.54) is 4.90 Å². The molecule has 1 fully saturated rings. The zero-order valence-electron chi connectivity index (χ0n) is 8.46. The number of amides is 1. The molecule has 3 nitrogen and oxygen atoms in total. The maximum atomic E-state index is 12.0. The van der Waals surface area contributed by atoms with Crippen LogP contribution in [0.1, 0.15) is 20.3 Å². The summed E-state index contributed by atoms with van der Waals surface area (Å²) in [6.45, 7) is 3.80. The first-order valence-electron chi connectivity index (χ1n) is 4.81. The van der Waals surface area contributed by atoms with Crippen molar-refractivity contribution in [3.05, 3.63) is 0 Å². The lowest BCUT2D eigenvalue weighted by molar-refractivity contribution is -0.130. The van der Waals surface area contributed by atoms with Crippen molar-refractivity contribution in [1.29, 1.82) is 0 Å². The highest BCUT2D eigenvalue weighted by Gasteiger charge is 2.32. The molecule has 82 valence electrons. The lowest BCUT2D eigenvalue weighted by Crippen LogP contribution is -2.34. The molecule has 0 saturated carbocycles. The Balaban J connectivity index is 2.43. The van der Waals surface area contributed by atoms with Gasteiger partial charge in [0.05, 0.1) is 19.3 Å². The first-order chi connectivity index (χ1) is 6.50. The lowest BCUT2D eigenvalue weighted by Gasteiger charge is -2.15. The molecule has 1 amide bonds. The molecule has 1 atom stereocenters. The van der Waals surface area contributed by atoms with E-state index in [2.05, 4.69) is 5.32 Å². The Morgan fingerprint density at radius 1 is 1.57 bits per heavy atom. The van der Waals surface area contributed by atoms with Crippen molar-refractivity contribution in [3.8, 4) is 0 Å². The van der Waals surface area contributed by atoms with Gasteiger partial charge in [-0.2, -0.15) is 0 Å². The van der Waals surface area contributed by atoms with Gasteiger partial charge in [0, 0.05) is 0 Å². The Bertz CT molecular complexity index is 189. The molecule has 0 bridgehead atoms. The van der Waals surface area contributed by atoms with Crippen molar-refractivity contribution in [2.75, 3.05) is 13.2 Å². The van der Waals surface area contributed by atoms with Crippen LogP contribution in [0.25, 0.3) is 0 Å². The van der Waals surface area contributed by atoms with E-state index in [-0.39, 0.29) is 18.6 Å². The molecule has 0 aromatic carbocycles. The third-order valence-corrected chi connectivity index (χ3v) is 2.20. The number of hydrogen-bond acceptors (Lipinski definition) is 2. The molecule has 5 heteroatoms. The van der Waals surface area contributed by atoms with Gasteiger partial charge in [-0.25, -0.2) is 8.78 Å². The van der Waals surface area contributed by atoms with Crippen molar-refractivity contribution < 1.29 is 13.6 Å². The average molecular weight is 206 g/mol. The Morgan fingerprint density at radius 2 is 2.21 bits per heavy atom. The standard InChI is InChI=1S/C9H16F2N2O/c1-6(2)3-7-9(14)13(5-12-7)4-8(10)11/h6-8,12H,3-5H2,1-2H3. The third-order valence-electron chi connectivity index (χ3n) is 2.20. The first-order valence-corrected chi connectivity index (χ1v) is 4.81. The summed E-state index contributed by atoms with van der Waals surface area (Å²) in [6, 6.07) is -0.270. The van der Waals surface area contributed by atoms with Crippen LogP contribution in [-0.2, 0) is 4.79 Å². The molecule has 1 heterocycles. The fraction of sp³-hybridized carbons (Fsp3) is 0.889. The van der Waals surface area contributed by atoms with Gasteiger partial charge in [-0.15, -0.1) is 0 Å². The molecule has 1 unspecified atom stereocenters. The predicted octanol–water partition coefficient (Wildman–Crippen LogP) is 1.06. The molecule has 0 radical (unpaired) electrons. The van der Waals surface area contributed by atoms with E-state index in [0.717, 1.165) is 0 Å². The number of alkyl halides is 2. The van der Waals surface area contributed by atoms with E-state index in [4.69, 9.17) is 0 Å². The third kappa shape index (κ3) is 2.90. The summed E-state index contributed by atoms with van der Waals surface area (Å²) >= 11 is 0. The van der Waals surface area contributed by atoms with Crippen LogP contribution in [0.4, 0.5) is 8.78 Å². The van der Waals surface area contributed by atoms with Gasteiger partial charge in [-0.05, 0) is 12.3 Å². The summed E-state index contributed by atoms with van der Waals surface area (Å²) in [5.41, 5.74) is 0. The summed E-state index contributed by atoms with van der Waals surface area (Å²) in [5.74, 6) is 0.196. The van der Waals surface area contributed by atoms with E-state index in [1.807, 2.05) is 13.8 Å². The van der Waals surface area contributed by atoms with Crippen molar-refractivity contribution in [1.82, 2.24) is 10.2 Å². The summed E-state index contributed by atoms with van der Waals surface area (Å²) in [7, 11) is 0. The normalized spacial score (nSPS) is 22.9. The number of carbonyl (C=O) groups excluding carboxylic acids is 1. The molecular weight excluding hydrogens is 190 g/mol. The van der Waals surface area contributed by atoms with Gasteiger partial charge in [0.2, 0.25) is 5.91 Å². The van der Waals surface area contributed by atoms with Crippen molar-refractivity contribution in [3.63, 3.8) is 0 Å². The molecular formula is C9H16F2N2O. The minimum absolute atomic E-state index is 0.195. The number of rotatable bonds is 4. The van der Waals surface area contributed by atoms with E-state index in [0.29, 0.717) is 12.3 Å². The van der Waals surface area contributed by atoms with Crippen LogP contribution >= 0.6 is 0 Å². The fourth-order valence-electron chi connectivity index (χ4n) is 1.58. The van der Waals surface area contributed by atoms with Gasteiger partial charge in [0.25, 0.3) is 6.43 Å². The monoisotopic (exact) mass is 206 g/mol. The fourth-order valence-corrected chi connectivity index (χ4v) is 1.58. The summed E-state index contributed by atoms with van der Waals surface area (Å²) in [5, 5.41) is 2.94. The maximum absolute atomic E-state index is 12.0. The molecule has 1 N–H and O–H groups in total. The van der Waals surface area contributed by atoms with Gasteiger partial charge in [-0.1, -0.05) is 13.8 Å². The van der Waals surface area contributed by atoms with Gasteiger partial charge in [0.15, 0.2) is 0 Å². The van der Waals surface area contributed by atoms with E-state index in [9.17, 15) is 13.6 Å². The van der Waals surface area contributed by atoms with Gasteiger partial charge in [-0.3, -0.25) is 10.1 Å². The molecule has 0 aromatic rings. The second-order valence-corrected chi connectivity index (χ2v) is 4.00. The summed E-state index contributed by atoms with van der Waals surface area (Å²) in [4.78, 5) is 12.7. The average Bonchev–Trinajstić information content (AvgIpc) is 2.34. The largest absolute Gasteiger partial charge is 0.323 e. The second kappa shape index (κ2) is 4.68. The highest BCUT2D eigenvalue weighted by Crippen LogP contribution is 2.13. The first kappa shape index (κ1) is 11.4. The second-order valence-electron chi connectivity index (χ2n) is 4.00. The number of carbonyl (C=O) groups is 1. The summed E-state index contributed by atoms with van der Waals surface area (Å²) < 4.78 is 24.1. The highest BCUT2D eigenvalue weighted by atomic mass is 19.3. The van der Waals surface area contributed by atoms with Crippen LogP contribution in [0.2, 0.25) is 0 Å². The van der Waals surface area contributed by atoms with Gasteiger partial charge in [0.1, 0.15) is 0 Å². The number of halogens is 2. The van der Waals surface area contributed by atoms with Crippen LogP contribution in [0.3, 0.4) is 0 Å². The van der Waals surface area contributed by atoms with E-state index >= 15 is 0 Å². The van der Waals surface area contributed by atoms with Crippen LogP contribution in [-0.4, -0.2) is 36.5 Å². The Kier molecular flexibility index (Phi) is 3.80. The molecule has 0 spiro atoms. The van der Waals surface area contributed by atoms with Crippen LogP contribution in [0.5, 0.6) is 0 Å². The van der Waals surface area contributed by atoms with E-state index in [1.54, 1.807) is 0 Å². The number of nitrogens with zero attached hydrogens (tertiary/aromatic N) is 1. The van der Waals surface area contributed by atoms with Crippen molar-refractivity contribution >= 4 is 5.91 Å². The molecule has 1 aliphatic rings. The van der Waals surface area contributed by atoms with E-state index < -0.39 is 13.0 Å². The molecule has 0 aromatic heterocycles. The van der Waals surface area contributed by atoms with Crippen LogP contribution in [0.15, 0.2) is 0 Å². The maximum Gasteiger partial charge on any atom is 0.255 e. The van der Waals surface area contributed by atoms with Gasteiger partial charge < -0.3 is 4.90 Å². The molecule has 1 aliphatic heterocycles. The lowest BCUT2D eigenvalue weighted by atomic mass is 10.0. The van der Waals surface area contributed by atoms with Crippen LogP contribution in [0, 0.1) is 5.92 Å². The minimum Gasteiger partial charge on any atom is -0.323 e. The Morgan fingerprint density at radius 3 is 2.71 bits per heavy atom. The molecule has 1 saturated heterocycles. The molecule has 14 heavy (non-hydrogen) atoms. The number of nitrogens with one attached hydrogen (secondary N) is 1. The predicted molar refractivity (Wildman–Crippen MR) is 49.0 cm³/mol. The van der Waals surface area contributed by atoms with Gasteiger partial charge >= 0.3 is 0 Å². The topological polar surface area (TPSA) is 32.3 Å². The molecule has 1 rings (SSSR count). The zero-order chi connectivity index (χ0) is 10.7. The smallest absolute Gasteiger partial charge is 0.255 e. The number of hydrogen-bond donors (Lipinski definition) is 1. The van der Waals surface area contributed by atoms with Crippen LogP contribution < -0.4 is 5.32 Å². The van der Waals surface area contributed by atoms with Crippen molar-refractivity contribution in [2.24, 2.45) is 5.92 Å². The highest BCUT2D eigenvalue weighted by molar-refractivity contribution is 5.83. The zero-order valence-corrected chi connectivity index (χ0v) is 8.46. The Labute approximate surface area is 82.5 Å². The Hall–Kier alpha value is -0.710. The minimum atomic E-state index is -2.45. The quantitative estimate of drug-likeness (QED) is 0.745. The SMILES string of the molecule is CC(C)CC1NCN(CC(F)F)C1=O. The summed E-state index contributed by atoms with van der Waals surface area (Å²) in [6.07, 6.45) is -1.74. The van der Waals surface area contributed by atoms with Crippen molar-refractivity contribution in [2.45, 2.75) is 32.7 Å². The molecule has 0 aliphatic carbocycles.